The quantitative estimate of drug-likeness (QED) is 0.565. The van der Waals surface area contributed by atoms with Gasteiger partial charge in [0, 0.05) is 43.2 Å². The van der Waals surface area contributed by atoms with Gasteiger partial charge in [0.15, 0.2) is 5.65 Å². The average Bonchev–Trinajstić information content (AvgIpc) is 3.36. The number of nitrogens with zero attached hydrogens (tertiary/aromatic N) is 4. The van der Waals surface area contributed by atoms with Crippen molar-refractivity contribution in [2.45, 2.75) is 71.0 Å². The lowest BCUT2D eigenvalue weighted by Gasteiger charge is -2.34. The van der Waals surface area contributed by atoms with Crippen molar-refractivity contribution >= 4 is 23.3 Å². The number of piperidine rings is 1. The fourth-order valence-electron chi connectivity index (χ4n) is 4.99. The molecule has 9 nitrogen and oxygen atoms in total. The van der Waals surface area contributed by atoms with Crippen LogP contribution < -0.4 is 10.1 Å². The van der Waals surface area contributed by atoms with E-state index in [-0.39, 0.29) is 23.5 Å². The standard InChI is InChI=1S/C27H33N5O4/c1-26(2,3)36-25(34)31-11-7-17(8-12-31)19-14-22-18(15-27(4,5)35-22)13-21(19)30-24(33)20-16-29-32-10-6-9-28-23(20)32/h6,9-10,13-14,16-17H,7-8,11-12,15H2,1-5H3,(H,30,33). The second-order valence-corrected chi connectivity index (χ2v) is 11.2. The van der Waals surface area contributed by atoms with E-state index >= 15 is 0 Å². The van der Waals surface area contributed by atoms with Crippen LogP contribution in [-0.4, -0.2) is 55.8 Å². The summed E-state index contributed by atoms with van der Waals surface area (Å²) in [5.74, 6) is 0.771. The normalized spacial score (nSPS) is 17.5. The molecule has 1 fully saturated rings. The Morgan fingerprint density at radius 2 is 1.94 bits per heavy atom. The summed E-state index contributed by atoms with van der Waals surface area (Å²) >= 11 is 0. The van der Waals surface area contributed by atoms with Gasteiger partial charge in [-0.25, -0.2) is 14.3 Å². The Morgan fingerprint density at radius 3 is 2.67 bits per heavy atom. The second-order valence-electron chi connectivity index (χ2n) is 11.2. The Kier molecular flexibility index (Phi) is 5.89. The fourth-order valence-corrected chi connectivity index (χ4v) is 4.99. The molecule has 2 aliphatic rings. The van der Waals surface area contributed by atoms with E-state index in [1.165, 1.54) is 6.20 Å². The van der Waals surface area contributed by atoms with E-state index in [1.54, 1.807) is 27.9 Å². The van der Waals surface area contributed by atoms with Gasteiger partial charge in [-0.3, -0.25) is 4.79 Å². The van der Waals surface area contributed by atoms with Gasteiger partial charge in [0.1, 0.15) is 22.5 Å². The van der Waals surface area contributed by atoms with Gasteiger partial charge in [0.25, 0.3) is 5.91 Å². The molecule has 9 heteroatoms. The number of hydrogen-bond acceptors (Lipinski definition) is 6. The molecule has 0 bridgehead atoms. The van der Waals surface area contributed by atoms with E-state index < -0.39 is 5.60 Å². The molecule has 0 atom stereocenters. The molecule has 2 aliphatic heterocycles. The maximum absolute atomic E-state index is 13.3. The smallest absolute Gasteiger partial charge is 0.410 e. The molecule has 0 saturated carbocycles. The van der Waals surface area contributed by atoms with Gasteiger partial charge in [-0.2, -0.15) is 5.10 Å². The number of nitrogens with one attached hydrogen (secondary N) is 1. The van der Waals surface area contributed by atoms with Gasteiger partial charge in [-0.05, 0) is 77.1 Å². The van der Waals surface area contributed by atoms with Crippen LogP contribution in [0.5, 0.6) is 5.75 Å². The molecule has 1 aromatic carbocycles. The first-order chi connectivity index (χ1) is 17.0. The summed E-state index contributed by atoms with van der Waals surface area (Å²) in [6, 6.07) is 5.88. The molecule has 0 unspecified atom stereocenters. The zero-order chi connectivity index (χ0) is 25.7. The van der Waals surface area contributed by atoms with Gasteiger partial charge >= 0.3 is 6.09 Å². The number of fused-ring (bicyclic) bond motifs is 2. The van der Waals surface area contributed by atoms with Crippen molar-refractivity contribution < 1.29 is 19.1 Å². The van der Waals surface area contributed by atoms with Gasteiger partial charge < -0.3 is 19.7 Å². The summed E-state index contributed by atoms with van der Waals surface area (Å²) in [5.41, 5.74) is 2.96. The Labute approximate surface area is 210 Å². The lowest BCUT2D eigenvalue weighted by atomic mass is 9.87. The van der Waals surface area contributed by atoms with E-state index in [0.717, 1.165) is 41.8 Å². The molecule has 1 saturated heterocycles. The van der Waals surface area contributed by atoms with Crippen molar-refractivity contribution in [2.75, 3.05) is 18.4 Å². The van der Waals surface area contributed by atoms with Crippen LogP contribution in [-0.2, 0) is 11.2 Å². The molecular formula is C27H33N5O4. The van der Waals surface area contributed by atoms with Crippen LogP contribution in [0, 0.1) is 0 Å². The number of aromatic nitrogens is 3. The molecule has 0 spiro atoms. The van der Waals surface area contributed by atoms with Crippen LogP contribution in [0.3, 0.4) is 0 Å². The van der Waals surface area contributed by atoms with E-state index in [9.17, 15) is 9.59 Å². The Morgan fingerprint density at radius 1 is 1.19 bits per heavy atom. The van der Waals surface area contributed by atoms with E-state index in [0.29, 0.717) is 24.3 Å². The fraction of sp³-hybridized carbons (Fsp3) is 0.481. The zero-order valence-electron chi connectivity index (χ0n) is 21.5. The Balaban J connectivity index is 1.40. The van der Waals surface area contributed by atoms with Crippen molar-refractivity contribution in [1.29, 1.82) is 0 Å². The molecule has 190 valence electrons. The van der Waals surface area contributed by atoms with Gasteiger partial charge in [-0.15, -0.1) is 0 Å². The Bertz CT molecular complexity index is 1320. The van der Waals surface area contributed by atoms with Crippen LogP contribution in [0.1, 0.15) is 74.9 Å². The summed E-state index contributed by atoms with van der Waals surface area (Å²) in [6.07, 6.45) is 6.96. The van der Waals surface area contributed by atoms with Gasteiger partial charge in [0.05, 0.1) is 6.20 Å². The third-order valence-corrected chi connectivity index (χ3v) is 6.59. The van der Waals surface area contributed by atoms with E-state index in [1.807, 2.05) is 26.8 Å². The minimum absolute atomic E-state index is 0.165. The molecular weight excluding hydrogens is 458 g/mol. The highest BCUT2D eigenvalue weighted by Crippen LogP contribution is 2.43. The SMILES string of the molecule is CC(C)(C)OC(=O)N1CCC(c2cc3c(cc2NC(=O)c2cnn4cccnc24)CC(C)(C)O3)CC1. The first-order valence-electron chi connectivity index (χ1n) is 12.4. The highest BCUT2D eigenvalue weighted by atomic mass is 16.6. The molecule has 4 heterocycles. The number of rotatable bonds is 3. The van der Waals surface area contributed by atoms with E-state index in [4.69, 9.17) is 9.47 Å². The van der Waals surface area contributed by atoms with Crippen molar-refractivity contribution in [3.8, 4) is 5.75 Å². The summed E-state index contributed by atoms with van der Waals surface area (Å²) < 4.78 is 13.3. The molecule has 0 aliphatic carbocycles. The molecule has 2 amide bonds. The summed E-state index contributed by atoms with van der Waals surface area (Å²) in [6.45, 7) is 10.9. The van der Waals surface area contributed by atoms with Gasteiger partial charge in [-0.1, -0.05) is 0 Å². The number of amides is 2. The van der Waals surface area contributed by atoms with Crippen molar-refractivity contribution in [3.05, 3.63) is 53.5 Å². The second kappa shape index (κ2) is 8.80. The third-order valence-electron chi connectivity index (χ3n) is 6.59. The minimum Gasteiger partial charge on any atom is -0.487 e. The molecule has 36 heavy (non-hydrogen) atoms. The molecule has 2 aromatic heterocycles. The number of benzene rings is 1. The number of likely N-dealkylation sites (tertiary alicyclic amines) is 1. The number of carbonyl (C=O) groups excluding carboxylic acids is 2. The van der Waals surface area contributed by atoms with E-state index in [2.05, 4.69) is 35.3 Å². The molecule has 1 N–H and O–H groups in total. The largest absolute Gasteiger partial charge is 0.487 e. The van der Waals surface area contributed by atoms with Crippen LogP contribution in [0.25, 0.3) is 5.65 Å². The predicted molar refractivity (Wildman–Crippen MR) is 136 cm³/mol. The lowest BCUT2D eigenvalue weighted by Crippen LogP contribution is -2.41. The lowest BCUT2D eigenvalue weighted by molar-refractivity contribution is 0.0204. The summed E-state index contributed by atoms with van der Waals surface area (Å²) in [5, 5.41) is 7.38. The first kappa shape index (κ1) is 24.1. The maximum Gasteiger partial charge on any atom is 0.410 e. The highest BCUT2D eigenvalue weighted by Gasteiger charge is 2.34. The minimum atomic E-state index is -0.525. The Hall–Kier alpha value is -3.62. The molecule has 5 rings (SSSR count). The average molecular weight is 492 g/mol. The third kappa shape index (κ3) is 4.87. The first-order valence-corrected chi connectivity index (χ1v) is 12.4. The number of anilines is 1. The van der Waals surface area contributed by atoms with Crippen molar-refractivity contribution in [1.82, 2.24) is 19.5 Å². The van der Waals surface area contributed by atoms with Crippen LogP contribution in [0.2, 0.25) is 0 Å². The summed E-state index contributed by atoms with van der Waals surface area (Å²) in [7, 11) is 0. The number of hydrogen-bond donors (Lipinski definition) is 1. The topological polar surface area (TPSA) is 98.1 Å². The molecule has 3 aromatic rings. The highest BCUT2D eigenvalue weighted by molar-refractivity contribution is 6.08. The number of carbonyl (C=O) groups is 2. The molecule has 0 radical (unpaired) electrons. The predicted octanol–water partition coefficient (Wildman–Crippen LogP) is 4.81. The van der Waals surface area contributed by atoms with Crippen LogP contribution in [0.15, 0.2) is 36.8 Å². The van der Waals surface area contributed by atoms with Crippen molar-refractivity contribution in [2.24, 2.45) is 0 Å². The van der Waals surface area contributed by atoms with Crippen LogP contribution >= 0.6 is 0 Å². The summed E-state index contributed by atoms with van der Waals surface area (Å²) in [4.78, 5) is 31.9. The number of ether oxygens (including phenoxy) is 2. The van der Waals surface area contributed by atoms with Crippen molar-refractivity contribution in [3.63, 3.8) is 0 Å². The monoisotopic (exact) mass is 491 g/mol. The maximum atomic E-state index is 13.3. The zero-order valence-corrected chi connectivity index (χ0v) is 21.5. The van der Waals surface area contributed by atoms with Gasteiger partial charge in [0.2, 0.25) is 0 Å². The van der Waals surface area contributed by atoms with Crippen LogP contribution in [0.4, 0.5) is 10.5 Å².